The number of rotatable bonds is 6. The van der Waals surface area contributed by atoms with Crippen LogP contribution in [0.1, 0.15) is 34.3 Å². The zero-order valence-electron chi connectivity index (χ0n) is 17.4. The third-order valence-corrected chi connectivity index (χ3v) is 5.65. The van der Waals surface area contributed by atoms with Gasteiger partial charge >= 0.3 is 12.1 Å². The van der Waals surface area contributed by atoms with Gasteiger partial charge in [0, 0.05) is 5.39 Å². The number of amides is 1. The fourth-order valence-corrected chi connectivity index (χ4v) is 3.79. The quantitative estimate of drug-likeness (QED) is 0.492. The first kappa shape index (κ1) is 22.4. The number of carboxylic acid groups (broad SMARTS) is 1. The van der Waals surface area contributed by atoms with Gasteiger partial charge in [-0.2, -0.15) is 13.2 Å². The molecule has 0 unspecified atom stereocenters. The Kier molecular flexibility index (Phi) is 5.84. The number of hydrogen-bond acceptors (Lipinski definition) is 3. The van der Waals surface area contributed by atoms with E-state index < -0.39 is 29.2 Å². The van der Waals surface area contributed by atoms with Crippen LogP contribution in [0.4, 0.5) is 13.2 Å². The van der Waals surface area contributed by atoms with E-state index in [4.69, 9.17) is 4.74 Å². The first-order valence-electron chi connectivity index (χ1n) is 10.2. The number of alkyl halides is 3. The number of benzene rings is 3. The van der Waals surface area contributed by atoms with Crippen LogP contribution >= 0.6 is 0 Å². The number of carbonyl (C=O) groups excluding carboxylic acids is 1. The summed E-state index contributed by atoms with van der Waals surface area (Å²) in [5.41, 5.74) is -1.55. The average Bonchev–Trinajstić information content (AvgIpc) is 3.27. The summed E-state index contributed by atoms with van der Waals surface area (Å²) in [7, 11) is 0. The van der Waals surface area contributed by atoms with Gasteiger partial charge in [-0.25, -0.2) is 4.79 Å². The van der Waals surface area contributed by atoms with E-state index in [-0.39, 0.29) is 30.8 Å². The maximum absolute atomic E-state index is 13.1. The summed E-state index contributed by atoms with van der Waals surface area (Å²) in [5, 5.41) is 13.7. The molecule has 0 heterocycles. The van der Waals surface area contributed by atoms with Gasteiger partial charge in [0.1, 0.15) is 17.9 Å². The van der Waals surface area contributed by atoms with Crippen LogP contribution in [0.2, 0.25) is 0 Å². The Morgan fingerprint density at radius 1 is 0.970 bits per heavy atom. The van der Waals surface area contributed by atoms with Crippen molar-refractivity contribution in [3.63, 3.8) is 0 Å². The second-order valence-electron chi connectivity index (χ2n) is 7.87. The lowest BCUT2D eigenvalue weighted by molar-refractivity contribution is -0.144. The Labute approximate surface area is 187 Å². The van der Waals surface area contributed by atoms with Gasteiger partial charge in [-0.05, 0) is 42.0 Å². The number of hydrogen-bond donors (Lipinski definition) is 2. The van der Waals surface area contributed by atoms with Crippen molar-refractivity contribution in [3.8, 4) is 5.75 Å². The summed E-state index contributed by atoms with van der Waals surface area (Å²) in [6, 6.07) is 15.1. The van der Waals surface area contributed by atoms with E-state index in [0.29, 0.717) is 10.9 Å². The largest absolute Gasteiger partial charge is 0.487 e. The zero-order valence-corrected chi connectivity index (χ0v) is 17.4. The van der Waals surface area contributed by atoms with Crippen LogP contribution in [0, 0.1) is 0 Å². The molecule has 0 bridgehead atoms. The van der Waals surface area contributed by atoms with Gasteiger partial charge in [0.05, 0.1) is 11.1 Å². The van der Waals surface area contributed by atoms with Gasteiger partial charge in [0.15, 0.2) is 0 Å². The highest BCUT2D eigenvalue weighted by Gasteiger charge is 2.41. The number of carboxylic acids is 1. The van der Waals surface area contributed by atoms with Crippen LogP contribution in [0.5, 0.6) is 5.75 Å². The lowest BCUT2D eigenvalue weighted by atomic mass is 9.95. The smallest absolute Gasteiger partial charge is 0.416 e. The summed E-state index contributed by atoms with van der Waals surface area (Å²) < 4.78 is 44.4. The highest BCUT2D eigenvalue weighted by Crippen LogP contribution is 2.33. The summed E-state index contributed by atoms with van der Waals surface area (Å²) in [6.45, 7) is -0.0714. The maximum Gasteiger partial charge on any atom is 0.416 e. The lowest BCUT2D eigenvalue weighted by Crippen LogP contribution is -2.52. The molecule has 0 saturated carbocycles. The minimum atomic E-state index is -4.44. The molecule has 0 fully saturated rings. The third-order valence-electron chi connectivity index (χ3n) is 5.65. The molecule has 8 heteroatoms. The molecular formula is C25H20F3NO4. The van der Waals surface area contributed by atoms with Crippen LogP contribution in [0.25, 0.3) is 10.8 Å². The predicted molar refractivity (Wildman–Crippen MR) is 116 cm³/mol. The minimum Gasteiger partial charge on any atom is -0.487 e. The summed E-state index contributed by atoms with van der Waals surface area (Å²) in [4.78, 5) is 25.0. The molecule has 0 atom stereocenters. The monoisotopic (exact) mass is 455 g/mol. The highest BCUT2D eigenvalue weighted by molar-refractivity contribution is 6.05. The highest BCUT2D eigenvalue weighted by atomic mass is 19.4. The van der Waals surface area contributed by atoms with E-state index in [2.05, 4.69) is 5.32 Å². The van der Waals surface area contributed by atoms with Crippen LogP contribution < -0.4 is 10.1 Å². The van der Waals surface area contributed by atoms with Crippen molar-refractivity contribution in [3.05, 3.63) is 89.5 Å². The molecule has 5 nitrogen and oxygen atoms in total. The van der Waals surface area contributed by atoms with Crippen LogP contribution in [-0.4, -0.2) is 22.5 Å². The van der Waals surface area contributed by atoms with Gasteiger partial charge in [-0.3, -0.25) is 4.79 Å². The molecule has 170 valence electrons. The molecule has 3 aromatic rings. The molecule has 0 saturated heterocycles. The zero-order chi connectivity index (χ0) is 23.6. The van der Waals surface area contributed by atoms with Gasteiger partial charge in [0.2, 0.25) is 0 Å². The predicted octanol–water partition coefficient (Wildman–Crippen LogP) is 5.34. The number of nitrogens with one attached hydrogen (secondary N) is 1. The standard InChI is InChI=1S/C25H20F3NO4/c26-25(27,28)18-10-7-16(8-11-18)15-33-21-19-6-2-1-5-17(19)9-12-20(21)22(30)29-24(23(31)32)13-3-4-14-24/h1-12H,13-15H2,(H,29,30)(H,31,32). The molecule has 0 spiro atoms. The van der Waals surface area contributed by atoms with E-state index >= 15 is 0 Å². The van der Waals surface area contributed by atoms with Crippen LogP contribution in [-0.2, 0) is 17.6 Å². The van der Waals surface area contributed by atoms with Gasteiger partial charge < -0.3 is 15.2 Å². The fraction of sp³-hybridized carbons (Fsp3) is 0.200. The molecule has 2 N–H and O–H groups in total. The maximum atomic E-state index is 13.1. The van der Waals surface area contributed by atoms with Crippen molar-refractivity contribution in [2.75, 3.05) is 0 Å². The molecule has 1 aliphatic rings. The number of aliphatic carboxylic acids is 1. The Morgan fingerprint density at radius 2 is 1.64 bits per heavy atom. The number of halogens is 3. The van der Waals surface area contributed by atoms with Crippen molar-refractivity contribution in [1.29, 1.82) is 0 Å². The van der Waals surface area contributed by atoms with Crippen LogP contribution in [0.3, 0.4) is 0 Å². The van der Waals surface area contributed by atoms with Crippen molar-refractivity contribution in [2.45, 2.75) is 31.2 Å². The average molecular weight is 455 g/mol. The van der Waals surface area contributed by atoms with Crippen molar-refractivity contribution < 1.29 is 32.6 Å². The molecule has 0 aromatic heterocycles. The number of carbonyl (C=O) groups is 2. The fourth-order valence-electron chi connectivity index (χ4n) is 3.79. The SMILES string of the molecule is O=C(NC1(C(=O)O)CC=CC1)c1ccc2ccccc2c1OCc1ccc(C(F)(F)F)cc1. The number of ether oxygens (including phenoxy) is 1. The molecule has 33 heavy (non-hydrogen) atoms. The van der Waals surface area contributed by atoms with Gasteiger partial charge in [0.25, 0.3) is 5.91 Å². The van der Waals surface area contributed by atoms with E-state index in [0.717, 1.165) is 17.5 Å². The normalized spacial score (nSPS) is 14.9. The van der Waals surface area contributed by atoms with Crippen molar-refractivity contribution in [1.82, 2.24) is 5.32 Å². The van der Waals surface area contributed by atoms with E-state index in [1.54, 1.807) is 36.4 Å². The second kappa shape index (κ2) is 8.61. The Bertz CT molecular complexity index is 1220. The summed E-state index contributed by atoms with van der Waals surface area (Å²) in [5.74, 6) is -1.50. The second-order valence-corrected chi connectivity index (χ2v) is 7.87. The number of fused-ring (bicyclic) bond motifs is 1. The van der Waals surface area contributed by atoms with E-state index in [9.17, 15) is 27.9 Å². The van der Waals surface area contributed by atoms with Gasteiger partial charge in [-0.15, -0.1) is 0 Å². The van der Waals surface area contributed by atoms with E-state index in [1.807, 2.05) is 12.1 Å². The van der Waals surface area contributed by atoms with E-state index in [1.165, 1.54) is 12.1 Å². The first-order valence-corrected chi connectivity index (χ1v) is 10.2. The topological polar surface area (TPSA) is 75.6 Å². The molecule has 1 aliphatic carbocycles. The molecule has 4 rings (SSSR count). The lowest BCUT2D eigenvalue weighted by Gasteiger charge is -2.26. The third kappa shape index (κ3) is 4.55. The molecule has 0 radical (unpaired) electrons. The molecule has 3 aromatic carbocycles. The van der Waals surface area contributed by atoms with Crippen LogP contribution in [0.15, 0.2) is 72.8 Å². The molecule has 0 aliphatic heterocycles. The Hall–Kier alpha value is -3.81. The minimum absolute atomic E-state index is 0.0714. The van der Waals surface area contributed by atoms with Gasteiger partial charge in [-0.1, -0.05) is 54.6 Å². The Morgan fingerprint density at radius 3 is 2.27 bits per heavy atom. The summed E-state index contributed by atoms with van der Waals surface area (Å²) in [6.07, 6.45) is -0.685. The molecular weight excluding hydrogens is 435 g/mol. The van der Waals surface area contributed by atoms with Crippen molar-refractivity contribution >= 4 is 22.6 Å². The first-order chi connectivity index (χ1) is 15.7. The summed E-state index contributed by atoms with van der Waals surface area (Å²) >= 11 is 0. The molecule has 1 amide bonds. The van der Waals surface area contributed by atoms with Crippen molar-refractivity contribution in [2.24, 2.45) is 0 Å². The Balaban J connectivity index is 1.64.